The van der Waals surface area contributed by atoms with Crippen molar-refractivity contribution < 1.29 is 27.5 Å². The van der Waals surface area contributed by atoms with Gasteiger partial charge in [0.15, 0.2) is 11.4 Å². The van der Waals surface area contributed by atoms with Gasteiger partial charge in [-0.3, -0.25) is 4.79 Å². The van der Waals surface area contributed by atoms with Crippen molar-refractivity contribution in [1.29, 1.82) is 0 Å². The van der Waals surface area contributed by atoms with Crippen molar-refractivity contribution in [2.45, 2.75) is 5.09 Å². The summed E-state index contributed by atoms with van der Waals surface area (Å²) >= 11 is 6.26. The quantitative estimate of drug-likeness (QED) is 0.311. The molecule has 0 atom stereocenters. The molecule has 4 N–H and O–H groups in total. The van der Waals surface area contributed by atoms with Gasteiger partial charge in [-0.15, -0.1) is 0 Å². The number of anilines is 1. The monoisotopic (exact) mass is 513 g/mol. The average Bonchev–Trinajstić information content (AvgIpc) is 3.28. The number of carboxylic acids is 1. The number of aromatic carboxylic acids is 1. The predicted molar refractivity (Wildman–Crippen MR) is 127 cm³/mol. The molecule has 1 amide bonds. The highest BCUT2D eigenvalue weighted by molar-refractivity contribution is 7.91. The van der Waals surface area contributed by atoms with E-state index in [4.69, 9.17) is 26.9 Å². The Balaban J connectivity index is 1.51. The van der Waals surface area contributed by atoms with Gasteiger partial charge in [-0.05, 0) is 35.9 Å². The van der Waals surface area contributed by atoms with Gasteiger partial charge in [0.1, 0.15) is 11.7 Å². The molecule has 0 radical (unpaired) electrons. The van der Waals surface area contributed by atoms with Crippen LogP contribution >= 0.6 is 11.6 Å². The molecule has 1 aromatic carbocycles. The number of nitrogens with zero attached hydrogens (tertiary/aromatic N) is 3. The Labute approximate surface area is 203 Å². The lowest BCUT2D eigenvalue weighted by atomic mass is 10.1. The molecule has 0 saturated carbocycles. The highest BCUT2D eigenvalue weighted by Crippen LogP contribution is 2.33. The van der Waals surface area contributed by atoms with E-state index in [1.165, 1.54) is 30.5 Å². The molecule has 0 unspecified atom stereocenters. The number of fused-ring (bicyclic) bond motifs is 1. The molecular weight excluding hydrogens is 498 g/mol. The van der Waals surface area contributed by atoms with E-state index in [9.17, 15) is 18.0 Å². The minimum atomic E-state index is -4.03. The third kappa shape index (κ3) is 5.45. The first-order valence-electron chi connectivity index (χ1n) is 9.81. The Hall–Kier alpha value is -4.29. The van der Waals surface area contributed by atoms with E-state index in [1.54, 1.807) is 18.2 Å². The zero-order valence-electron chi connectivity index (χ0n) is 17.7. The molecule has 0 aliphatic heterocycles. The topological polar surface area (TPSA) is 178 Å². The van der Waals surface area contributed by atoms with Crippen LogP contribution in [0, 0.1) is 0 Å². The Morgan fingerprint density at radius 1 is 1.11 bits per heavy atom. The van der Waals surface area contributed by atoms with E-state index in [2.05, 4.69) is 20.3 Å². The van der Waals surface area contributed by atoms with Crippen molar-refractivity contribution in [3.63, 3.8) is 0 Å². The van der Waals surface area contributed by atoms with Crippen LogP contribution in [-0.2, 0) is 14.6 Å². The van der Waals surface area contributed by atoms with Crippen LogP contribution in [-0.4, -0.2) is 46.2 Å². The van der Waals surface area contributed by atoms with Gasteiger partial charge in [-0.1, -0.05) is 11.6 Å². The third-order valence-corrected chi connectivity index (χ3v) is 6.30. The number of pyridine rings is 1. The summed E-state index contributed by atoms with van der Waals surface area (Å²) in [4.78, 5) is 34.9. The SMILES string of the molecule is Nc1ccc(/C=C/C(=O)NCS(=O)(=O)c2cc3cc(-c4ncc(C(=O)O)cn4)cc(Cl)c3o2)cn1. The molecule has 0 saturated heterocycles. The minimum absolute atomic E-state index is 0.0837. The number of aromatic nitrogens is 3. The number of rotatable bonds is 7. The Bertz CT molecular complexity index is 1560. The summed E-state index contributed by atoms with van der Waals surface area (Å²) in [5.74, 6) is -1.98. The van der Waals surface area contributed by atoms with E-state index in [-0.39, 0.29) is 27.1 Å². The van der Waals surface area contributed by atoms with Crippen LogP contribution in [0.1, 0.15) is 15.9 Å². The standard InChI is InChI=1S/C22H16ClN5O6S/c23-16-6-14(21-26-9-15(10-27-21)22(30)31)5-13-7-19(34-20(13)16)35(32,33)11-28-18(29)4-2-12-1-3-17(24)25-8-12/h1-10H,11H2,(H2,24,25)(H,28,29)(H,30,31)/b4-2+. The van der Waals surface area contributed by atoms with E-state index >= 15 is 0 Å². The summed E-state index contributed by atoms with van der Waals surface area (Å²) in [5, 5.41) is 11.3. The Morgan fingerprint density at radius 3 is 2.51 bits per heavy atom. The van der Waals surface area contributed by atoms with E-state index in [0.717, 1.165) is 12.4 Å². The fraction of sp³-hybridized carbons (Fsp3) is 0.0455. The van der Waals surface area contributed by atoms with E-state index in [0.29, 0.717) is 22.3 Å². The van der Waals surface area contributed by atoms with Gasteiger partial charge >= 0.3 is 5.97 Å². The van der Waals surface area contributed by atoms with Gasteiger partial charge < -0.3 is 20.6 Å². The molecular formula is C22H16ClN5O6S. The number of halogens is 1. The molecule has 0 aliphatic carbocycles. The first kappa shape index (κ1) is 23.9. The summed E-state index contributed by atoms with van der Waals surface area (Å²) in [7, 11) is -4.03. The minimum Gasteiger partial charge on any atom is -0.478 e. The molecule has 13 heteroatoms. The van der Waals surface area contributed by atoms with Gasteiger partial charge in [0, 0.05) is 41.7 Å². The number of sulfone groups is 1. The molecule has 0 fully saturated rings. The lowest BCUT2D eigenvalue weighted by Crippen LogP contribution is -2.27. The number of benzene rings is 1. The number of carboxylic acid groups (broad SMARTS) is 1. The van der Waals surface area contributed by atoms with Gasteiger partial charge in [0.2, 0.25) is 20.8 Å². The van der Waals surface area contributed by atoms with Crippen LogP contribution in [0.2, 0.25) is 5.02 Å². The third-order valence-electron chi connectivity index (χ3n) is 4.68. The second kappa shape index (κ2) is 9.52. The first-order valence-corrected chi connectivity index (χ1v) is 11.8. The van der Waals surface area contributed by atoms with Crippen LogP contribution in [0.5, 0.6) is 0 Å². The van der Waals surface area contributed by atoms with E-state index < -0.39 is 27.6 Å². The number of carbonyl (C=O) groups excluding carboxylic acids is 1. The summed E-state index contributed by atoms with van der Waals surface area (Å²) in [6.45, 7) is 0. The van der Waals surface area contributed by atoms with Crippen molar-refractivity contribution in [1.82, 2.24) is 20.3 Å². The van der Waals surface area contributed by atoms with Crippen LogP contribution in [0.3, 0.4) is 0 Å². The van der Waals surface area contributed by atoms with Crippen molar-refractivity contribution >= 4 is 56.2 Å². The van der Waals surface area contributed by atoms with E-state index in [1.807, 2.05) is 0 Å². The van der Waals surface area contributed by atoms with Gasteiger partial charge in [0.05, 0.1) is 10.6 Å². The summed E-state index contributed by atoms with van der Waals surface area (Å²) in [5.41, 5.74) is 6.58. The molecule has 3 heterocycles. The number of nitrogens with one attached hydrogen (secondary N) is 1. The largest absolute Gasteiger partial charge is 0.478 e. The maximum atomic E-state index is 12.7. The zero-order chi connectivity index (χ0) is 25.2. The molecule has 11 nitrogen and oxygen atoms in total. The summed E-state index contributed by atoms with van der Waals surface area (Å²) in [6.07, 6.45) is 6.39. The number of nitrogens with two attached hydrogens (primary N) is 1. The number of hydrogen-bond acceptors (Lipinski definition) is 9. The van der Waals surface area contributed by atoms with Crippen molar-refractivity contribution in [2.75, 3.05) is 11.6 Å². The van der Waals surface area contributed by atoms with Gasteiger partial charge in [0.25, 0.3) is 0 Å². The Morgan fingerprint density at radius 2 is 1.86 bits per heavy atom. The number of carbonyl (C=O) groups is 2. The number of nitrogen functional groups attached to an aromatic ring is 1. The first-order chi connectivity index (χ1) is 16.6. The highest BCUT2D eigenvalue weighted by atomic mass is 35.5. The van der Waals surface area contributed by atoms with Crippen LogP contribution in [0.15, 0.2) is 64.5 Å². The second-order valence-electron chi connectivity index (χ2n) is 7.19. The zero-order valence-corrected chi connectivity index (χ0v) is 19.2. The second-order valence-corrected chi connectivity index (χ2v) is 9.52. The smallest absolute Gasteiger partial charge is 0.338 e. The van der Waals surface area contributed by atoms with Crippen molar-refractivity contribution in [2.24, 2.45) is 0 Å². The normalized spacial score (nSPS) is 11.7. The average molecular weight is 514 g/mol. The maximum Gasteiger partial charge on any atom is 0.338 e. The number of hydrogen-bond donors (Lipinski definition) is 3. The summed E-state index contributed by atoms with van der Waals surface area (Å²) in [6, 6.07) is 7.52. The highest BCUT2D eigenvalue weighted by Gasteiger charge is 2.22. The van der Waals surface area contributed by atoms with Crippen molar-refractivity contribution in [3.8, 4) is 11.4 Å². The molecule has 4 rings (SSSR count). The summed E-state index contributed by atoms with van der Waals surface area (Å²) < 4.78 is 30.9. The maximum absolute atomic E-state index is 12.7. The fourth-order valence-corrected chi connectivity index (χ4v) is 4.20. The molecule has 35 heavy (non-hydrogen) atoms. The molecule has 178 valence electrons. The molecule has 0 spiro atoms. The number of furan rings is 1. The fourth-order valence-electron chi connectivity index (χ4n) is 2.94. The lowest BCUT2D eigenvalue weighted by Gasteiger charge is -2.02. The lowest BCUT2D eigenvalue weighted by molar-refractivity contribution is -0.116. The van der Waals surface area contributed by atoms with Crippen LogP contribution in [0.25, 0.3) is 28.4 Å². The predicted octanol–water partition coefficient (Wildman–Crippen LogP) is 2.78. The van der Waals surface area contributed by atoms with Crippen LogP contribution in [0.4, 0.5) is 5.82 Å². The molecule has 0 bridgehead atoms. The number of amides is 1. The molecule has 4 aromatic rings. The molecule has 0 aliphatic rings. The van der Waals surface area contributed by atoms with Gasteiger partial charge in [-0.25, -0.2) is 28.2 Å². The van der Waals surface area contributed by atoms with Crippen molar-refractivity contribution in [3.05, 3.63) is 71.1 Å². The van der Waals surface area contributed by atoms with Gasteiger partial charge in [-0.2, -0.15) is 0 Å². The Kier molecular flexibility index (Phi) is 6.49. The molecule has 3 aromatic heterocycles. The van der Waals surface area contributed by atoms with Crippen LogP contribution < -0.4 is 11.1 Å².